The largest absolute Gasteiger partial charge is 0.507 e. The summed E-state index contributed by atoms with van der Waals surface area (Å²) >= 11 is 0. The molecule has 0 saturated heterocycles. The monoisotopic (exact) mass is 502 g/mol. The Labute approximate surface area is 217 Å². The van der Waals surface area contributed by atoms with Gasteiger partial charge in [0.1, 0.15) is 34.7 Å². The van der Waals surface area contributed by atoms with E-state index in [4.69, 9.17) is 9.47 Å². The van der Waals surface area contributed by atoms with E-state index in [1.807, 2.05) is 44.2 Å². The third-order valence-electron chi connectivity index (χ3n) is 8.09. The average Bonchev–Trinajstić information content (AvgIpc) is 2.84. The maximum Gasteiger partial charge on any atom is 0.175 e. The topological polar surface area (TPSA) is 89.9 Å². The minimum absolute atomic E-state index is 0.0972. The van der Waals surface area contributed by atoms with E-state index in [-0.39, 0.29) is 41.0 Å². The van der Waals surface area contributed by atoms with Crippen molar-refractivity contribution in [2.24, 2.45) is 16.7 Å². The second-order valence-electron chi connectivity index (χ2n) is 12.0. The third kappa shape index (κ3) is 3.56. The molecule has 0 fully saturated rings. The van der Waals surface area contributed by atoms with E-state index in [2.05, 4.69) is 0 Å². The van der Waals surface area contributed by atoms with Crippen molar-refractivity contribution < 1.29 is 29.0 Å². The Kier molecular flexibility index (Phi) is 5.67. The number of carbonyl (C=O) groups excluding carboxylic acids is 3. The summed E-state index contributed by atoms with van der Waals surface area (Å²) in [4.78, 5) is 40.7. The number of benzene rings is 2. The summed E-state index contributed by atoms with van der Waals surface area (Å²) in [6, 6.07) is 9.51. The first-order valence-electron chi connectivity index (χ1n) is 12.9. The Morgan fingerprint density at radius 1 is 1.00 bits per heavy atom. The van der Waals surface area contributed by atoms with Crippen molar-refractivity contribution in [2.45, 2.75) is 73.3 Å². The summed E-state index contributed by atoms with van der Waals surface area (Å²) in [5.41, 5.74) is 0.193. The van der Waals surface area contributed by atoms with Gasteiger partial charge in [-0.3, -0.25) is 14.4 Å². The lowest BCUT2D eigenvalue weighted by atomic mass is 9.59. The molecule has 0 saturated carbocycles. The number of carbonyl (C=O) groups is 3. The first-order chi connectivity index (χ1) is 17.3. The van der Waals surface area contributed by atoms with Crippen LogP contribution in [0.5, 0.6) is 17.2 Å². The van der Waals surface area contributed by atoms with Gasteiger partial charge in [-0.1, -0.05) is 44.2 Å². The second kappa shape index (κ2) is 8.30. The zero-order chi connectivity index (χ0) is 27.0. The summed E-state index contributed by atoms with van der Waals surface area (Å²) in [5.74, 6) is -0.236. The molecule has 2 aromatic carbocycles. The Balaban J connectivity index is 1.75. The number of allylic oxidation sites excluding steroid dienone is 2. The van der Waals surface area contributed by atoms with Gasteiger partial charge >= 0.3 is 0 Å². The van der Waals surface area contributed by atoms with Crippen LogP contribution in [0, 0.1) is 23.7 Å². The highest BCUT2D eigenvalue weighted by molar-refractivity contribution is 6.20. The molecular formula is C31H34O6. The van der Waals surface area contributed by atoms with Crippen LogP contribution in [0.3, 0.4) is 0 Å². The smallest absolute Gasteiger partial charge is 0.175 e. The second-order valence-corrected chi connectivity index (χ2v) is 12.0. The summed E-state index contributed by atoms with van der Waals surface area (Å²) in [5, 5.41) is 11.6. The molecule has 2 aliphatic heterocycles. The zero-order valence-electron chi connectivity index (χ0n) is 22.5. The van der Waals surface area contributed by atoms with Crippen molar-refractivity contribution in [1.29, 1.82) is 0 Å². The maximum atomic E-state index is 13.8. The van der Waals surface area contributed by atoms with Gasteiger partial charge in [0.15, 0.2) is 17.3 Å². The van der Waals surface area contributed by atoms with Crippen LogP contribution in [0.25, 0.3) is 0 Å². The van der Waals surface area contributed by atoms with Crippen LogP contribution in [0.1, 0.15) is 93.5 Å². The molecule has 1 aliphatic carbocycles. The van der Waals surface area contributed by atoms with Gasteiger partial charge < -0.3 is 14.6 Å². The van der Waals surface area contributed by atoms with Crippen molar-refractivity contribution in [2.75, 3.05) is 0 Å². The van der Waals surface area contributed by atoms with Crippen molar-refractivity contribution >= 4 is 17.3 Å². The Morgan fingerprint density at radius 2 is 1.65 bits per heavy atom. The predicted octanol–water partition coefficient (Wildman–Crippen LogP) is 6.39. The van der Waals surface area contributed by atoms with Gasteiger partial charge in [0.25, 0.3) is 0 Å². The molecule has 37 heavy (non-hydrogen) atoms. The maximum absolute atomic E-state index is 13.8. The number of phenolic OH excluding ortho intramolecular Hbond substituents is 1. The van der Waals surface area contributed by atoms with Crippen LogP contribution >= 0.6 is 0 Å². The number of fused-ring (bicyclic) bond motifs is 2. The highest BCUT2D eigenvalue weighted by Gasteiger charge is 2.57. The standard InChI is InChI=1S/C31H34O6/c1-15(2)13-18-21-24(33)23-19(32)14-20(17-11-9-8-10-12-17)36-26(23)16(3)25(21)37-28-22(18)27(34)30(4,5)29(35)31(28,6)7/h8-12,15,18,20,33H,13-14H2,1-7H3/t18-,20-/m0/s1. The van der Waals surface area contributed by atoms with E-state index in [1.54, 1.807) is 34.6 Å². The summed E-state index contributed by atoms with van der Waals surface area (Å²) in [6.07, 6.45) is 0.159. The molecule has 0 bridgehead atoms. The van der Waals surface area contributed by atoms with Crippen molar-refractivity contribution in [3.63, 3.8) is 0 Å². The quantitative estimate of drug-likeness (QED) is 0.489. The van der Waals surface area contributed by atoms with Crippen LogP contribution in [0.2, 0.25) is 0 Å². The van der Waals surface area contributed by atoms with E-state index in [0.717, 1.165) is 5.56 Å². The van der Waals surface area contributed by atoms with Crippen LogP contribution < -0.4 is 9.47 Å². The fourth-order valence-electron chi connectivity index (χ4n) is 6.23. The highest BCUT2D eigenvalue weighted by atomic mass is 16.5. The van der Waals surface area contributed by atoms with Gasteiger partial charge in [0.05, 0.1) is 17.3 Å². The van der Waals surface area contributed by atoms with E-state index < -0.39 is 22.9 Å². The van der Waals surface area contributed by atoms with Gasteiger partial charge in [0.2, 0.25) is 0 Å². The van der Waals surface area contributed by atoms with E-state index >= 15 is 0 Å². The fraction of sp³-hybridized carbons (Fsp3) is 0.452. The molecule has 6 heteroatoms. The fourth-order valence-corrected chi connectivity index (χ4v) is 6.23. The van der Waals surface area contributed by atoms with Gasteiger partial charge in [-0.15, -0.1) is 0 Å². The summed E-state index contributed by atoms with van der Waals surface area (Å²) in [7, 11) is 0. The molecule has 0 unspecified atom stereocenters. The Hall–Kier alpha value is -3.41. The highest BCUT2D eigenvalue weighted by Crippen LogP contribution is 2.59. The number of aromatic hydroxyl groups is 1. The molecule has 6 nitrogen and oxygen atoms in total. The normalized spacial score (nSPS) is 23.7. The molecular weight excluding hydrogens is 468 g/mol. The molecule has 0 radical (unpaired) electrons. The van der Waals surface area contributed by atoms with Gasteiger partial charge in [-0.2, -0.15) is 0 Å². The minimum Gasteiger partial charge on any atom is -0.507 e. The van der Waals surface area contributed by atoms with Gasteiger partial charge in [0, 0.05) is 22.6 Å². The molecule has 2 atom stereocenters. The number of ether oxygens (including phenoxy) is 2. The minimum atomic E-state index is -1.22. The van der Waals surface area contributed by atoms with Crippen LogP contribution in [-0.2, 0) is 9.59 Å². The van der Waals surface area contributed by atoms with Crippen LogP contribution in [-0.4, -0.2) is 22.5 Å². The first kappa shape index (κ1) is 25.2. The zero-order valence-corrected chi connectivity index (χ0v) is 22.5. The van der Waals surface area contributed by atoms with Gasteiger partial charge in [-0.25, -0.2) is 0 Å². The number of phenols is 1. The van der Waals surface area contributed by atoms with E-state index in [9.17, 15) is 19.5 Å². The van der Waals surface area contributed by atoms with Crippen molar-refractivity contribution in [3.8, 4) is 17.2 Å². The van der Waals surface area contributed by atoms with Crippen molar-refractivity contribution in [3.05, 3.63) is 63.9 Å². The van der Waals surface area contributed by atoms with Crippen LogP contribution in [0.15, 0.2) is 41.7 Å². The lowest BCUT2D eigenvalue weighted by molar-refractivity contribution is -0.144. The summed E-state index contributed by atoms with van der Waals surface area (Å²) in [6.45, 7) is 12.8. The average molecular weight is 503 g/mol. The van der Waals surface area contributed by atoms with Gasteiger partial charge in [-0.05, 0) is 52.5 Å². The number of hydrogen-bond acceptors (Lipinski definition) is 6. The molecule has 2 aromatic rings. The molecule has 0 aromatic heterocycles. The number of hydrogen-bond donors (Lipinski definition) is 1. The van der Waals surface area contributed by atoms with E-state index in [1.165, 1.54) is 0 Å². The molecule has 0 amide bonds. The molecule has 194 valence electrons. The SMILES string of the molecule is Cc1c2c(c(O)c3c1OC1=C(C(=O)C(C)(C)C(=O)C1(C)C)[C@H]3CC(C)C)C(=O)C[C@@H](c1ccccc1)O2. The lowest BCUT2D eigenvalue weighted by Crippen LogP contribution is -2.51. The number of ketones is 3. The first-order valence-corrected chi connectivity index (χ1v) is 12.9. The van der Waals surface area contributed by atoms with Crippen molar-refractivity contribution in [1.82, 2.24) is 0 Å². The van der Waals surface area contributed by atoms with Crippen LogP contribution in [0.4, 0.5) is 0 Å². The number of rotatable bonds is 3. The summed E-state index contributed by atoms with van der Waals surface area (Å²) < 4.78 is 12.8. The molecule has 2 heterocycles. The predicted molar refractivity (Wildman–Crippen MR) is 139 cm³/mol. The Bertz CT molecular complexity index is 1380. The molecule has 5 rings (SSSR count). The molecule has 0 spiro atoms. The van der Waals surface area contributed by atoms with E-state index in [0.29, 0.717) is 40.4 Å². The lowest BCUT2D eigenvalue weighted by Gasteiger charge is -2.45. The number of Topliss-reactive ketones (excluding diaryl/α,β-unsaturated/α-hetero) is 3. The molecule has 3 aliphatic rings. The third-order valence-corrected chi connectivity index (χ3v) is 8.09. The Morgan fingerprint density at radius 3 is 2.27 bits per heavy atom. The molecule has 1 N–H and O–H groups in total.